The zero-order valence-electron chi connectivity index (χ0n) is 9.77. The maximum Gasteiger partial charge on any atom is 0.303 e. The van der Waals surface area contributed by atoms with Crippen molar-refractivity contribution in [2.45, 2.75) is 12.8 Å². The van der Waals surface area contributed by atoms with Crippen LogP contribution in [-0.2, 0) is 4.79 Å². The van der Waals surface area contributed by atoms with Crippen LogP contribution in [0, 0.1) is 17.2 Å². The quantitative estimate of drug-likeness (QED) is 0.932. The van der Waals surface area contributed by atoms with Crippen molar-refractivity contribution in [2.75, 3.05) is 18.0 Å². The van der Waals surface area contributed by atoms with Crippen molar-refractivity contribution in [3.8, 4) is 6.07 Å². The van der Waals surface area contributed by atoms with Crippen molar-refractivity contribution in [2.24, 2.45) is 5.92 Å². The largest absolute Gasteiger partial charge is 0.481 e. The van der Waals surface area contributed by atoms with Gasteiger partial charge in [-0.2, -0.15) is 5.26 Å². The van der Waals surface area contributed by atoms with E-state index in [0.717, 1.165) is 23.1 Å². The summed E-state index contributed by atoms with van der Waals surface area (Å²) in [6.45, 7) is 1.51. The molecule has 1 unspecified atom stereocenters. The highest BCUT2D eigenvalue weighted by molar-refractivity contribution is 9.10. The molecule has 1 heterocycles. The lowest BCUT2D eigenvalue weighted by molar-refractivity contribution is -0.137. The SMILES string of the molecule is N#Cc1ccc(Br)cc1N1CCC(CC(=O)O)C1. The Balaban J connectivity index is 2.16. The molecule has 1 aliphatic heterocycles. The molecule has 1 aliphatic rings. The van der Waals surface area contributed by atoms with Gasteiger partial charge in [0.15, 0.2) is 0 Å². The molecular weight excluding hydrogens is 296 g/mol. The van der Waals surface area contributed by atoms with E-state index in [-0.39, 0.29) is 12.3 Å². The normalized spacial score (nSPS) is 18.7. The van der Waals surface area contributed by atoms with Crippen LogP contribution in [0.3, 0.4) is 0 Å². The number of rotatable bonds is 3. The second-order valence-corrected chi connectivity index (χ2v) is 5.39. The fourth-order valence-corrected chi connectivity index (χ4v) is 2.67. The smallest absolute Gasteiger partial charge is 0.303 e. The topological polar surface area (TPSA) is 64.3 Å². The number of benzene rings is 1. The zero-order chi connectivity index (χ0) is 13.1. The first-order valence-electron chi connectivity index (χ1n) is 5.76. The predicted octanol–water partition coefficient (Wildman–Crippen LogP) is 2.62. The van der Waals surface area contributed by atoms with E-state index in [1.54, 1.807) is 6.07 Å². The summed E-state index contributed by atoms with van der Waals surface area (Å²) in [5.74, 6) is -0.579. The number of carbonyl (C=O) groups is 1. The van der Waals surface area contributed by atoms with Crippen LogP contribution in [-0.4, -0.2) is 24.2 Å². The molecule has 0 radical (unpaired) electrons. The minimum Gasteiger partial charge on any atom is -0.481 e. The van der Waals surface area contributed by atoms with E-state index in [2.05, 4.69) is 26.9 Å². The summed E-state index contributed by atoms with van der Waals surface area (Å²) in [6, 6.07) is 7.72. The highest BCUT2D eigenvalue weighted by Gasteiger charge is 2.26. The number of hydrogen-bond donors (Lipinski definition) is 1. The second-order valence-electron chi connectivity index (χ2n) is 4.47. The molecule has 94 valence electrons. The first kappa shape index (κ1) is 12.9. The van der Waals surface area contributed by atoms with Gasteiger partial charge in [-0.05, 0) is 30.5 Å². The molecule has 4 nitrogen and oxygen atoms in total. The monoisotopic (exact) mass is 308 g/mol. The Morgan fingerprint density at radius 2 is 2.39 bits per heavy atom. The average Bonchev–Trinajstić information content (AvgIpc) is 2.76. The van der Waals surface area contributed by atoms with Gasteiger partial charge in [0.1, 0.15) is 6.07 Å². The molecule has 0 saturated carbocycles. The Bertz CT molecular complexity index is 510. The Labute approximate surface area is 114 Å². The molecule has 2 rings (SSSR count). The van der Waals surface area contributed by atoms with E-state index >= 15 is 0 Å². The van der Waals surface area contributed by atoms with Gasteiger partial charge in [-0.15, -0.1) is 0 Å². The summed E-state index contributed by atoms with van der Waals surface area (Å²) >= 11 is 3.40. The molecule has 1 atom stereocenters. The molecule has 1 aromatic rings. The molecule has 5 heteroatoms. The fraction of sp³-hybridized carbons (Fsp3) is 0.385. The van der Waals surface area contributed by atoms with Gasteiger partial charge in [0.2, 0.25) is 0 Å². The highest BCUT2D eigenvalue weighted by atomic mass is 79.9. The number of halogens is 1. The summed E-state index contributed by atoms with van der Waals surface area (Å²) in [4.78, 5) is 12.8. The van der Waals surface area contributed by atoms with Gasteiger partial charge in [0.05, 0.1) is 11.3 Å². The van der Waals surface area contributed by atoms with Crippen LogP contribution >= 0.6 is 15.9 Å². The lowest BCUT2D eigenvalue weighted by Crippen LogP contribution is -2.21. The number of hydrogen-bond acceptors (Lipinski definition) is 3. The summed E-state index contributed by atoms with van der Waals surface area (Å²) < 4.78 is 0.929. The molecule has 0 spiro atoms. The van der Waals surface area contributed by atoms with Crippen LogP contribution in [0.4, 0.5) is 5.69 Å². The van der Waals surface area contributed by atoms with Crippen LogP contribution in [0.2, 0.25) is 0 Å². The summed E-state index contributed by atoms with van der Waals surface area (Å²) in [7, 11) is 0. The maximum absolute atomic E-state index is 10.7. The lowest BCUT2D eigenvalue weighted by Gasteiger charge is -2.20. The molecule has 1 aromatic carbocycles. The first-order valence-corrected chi connectivity index (χ1v) is 6.56. The predicted molar refractivity (Wildman–Crippen MR) is 71.4 cm³/mol. The number of carboxylic acids is 1. The van der Waals surface area contributed by atoms with Crippen molar-refractivity contribution in [3.63, 3.8) is 0 Å². The van der Waals surface area contributed by atoms with Crippen molar-refractivity contribution < 1.29 is 9.90 Å². The number of aliphatic carboxylic acids is 1. The average molecular weight is 309 g/mol. The molecule has 18 heavy (non-hydrogen) atoms. The van der Waals surface area contributed by atoms with E-state index < -0.39 is 5.97 Å². The third-order valence-corrected chi connectivity index (χ3v) is 3.66. The number of anilines is 1. The van der Waals surface area contributed by atoms with Gasteiger partial charge >= 0.3 is 5.97 Å². The van der Waals surface area contributed by atoms with Gasteiger partial charge in [-0.25, -0.2) is 0 Å². The Morgan fingerprint density at radius 3 is 3.06 bits per heavy atom. The Kier molecular flexibility index (Phi) is 3.87. The Morgan fingerprint density at radius 1 is 1.61 bits per heavy atom. The van der Waals surface area contributed by atoms with E-state index in [0.29, 0.717) is 12.1 Å². The zero-order valence-corrected chi connectivity index (χ0v) is 11.4. The van der Waals surface area contributed by atoms with Crippen molar-refractivity contribution in [1.82, 2.24) is 0 Å². The van der Waals surface area contributed by atoms with Crippen LogP contribution in [0.25, 0.3) is 0 Å². The van der Waals surface area contributed by atoms with Crippen LogP contribution in [0.5, 0.6) is 0 Å². The minimum atomic E-state index is -0.753. The molecule has 0 amide bonds. The van der Waals surface area contributed by atoms with E-state index in [1.165, 1.54) is 0 Å². The third kappa shape index (κ3) is 2.82. The van der Waals surface area contributed by atoms with E-state index in [9.17, 15) is 4.79 Å². The third-order valence-electron chi connectivity index (χ3n) is 3.17. The molecule has 0 bridgehead atoms. The summed E-state index contributed by atoms with van der Waals surface area (Å²) in [5, 5.41) is 17.9. The van der Waals surface area contributed by atoms with E-state index in [4.69, 9.17) is 10.4 Å². The summed E-state index contributed by atoms with van der Waals surface area (Å²) in [6.07, 6.45) is 1.07. The number of nitriles is 1. The van der Waals surface area contributed by atoms with E-state index in [1.807, 2.05) is 12.1 Å². The van der Waals surface area contributed by atoms with Crippen molar-refractivity contribution in [1.29, 1.82) is 5.26 Å². The standard InChI is InChI=1S/C13H13BrN2O2/c14-11-2-1-10(7-15)12(6-11)16-4-3-9(8-16)5-13(17)18/h1-2,6,9H,3-5,8H2,(H,17,18). The number of carboxylic acid groups (broad SMARTS) is 1. The molecule has 0 aromatic heterocycles. The maximum atomic E-state index is 10.7. The molecule has 0 aliphatic carbocycles. The highest BCUT2D eigenvalue weighted by Crippen LogP contribution is 2.30. The van der Waals surface area contributed by atoms with Crippen LogP contribution in [0.15, 0.2) is 22.7 Å². The number of nitrogens with zero attached hydrogens (tertiary/aromatic N) is 2. The molecule has 1 fully saturated rings. The van der Waals surface area contributed by atoms with Gasteiger partial charge in [0.25, 0.3) is 0 Å². The van der Waals surface area contributed by atoms with Crippen LogP contribution < -0.4 is 4.90 Å². The van der Waals surface area contributed by atoms with Crippen molar-refractivity contribution >= 4 is 27.6 Å². The molecular formula is C13H13BrN2O2. The lowest BCUT2D eigenvalue weighted by atomic mass is 10.1. The van der Waals surface area contributed by atoms with Gasteiger partial charge in [-0.1, -0.05) is 15.9 Å². The Hall–Kier alpha value is -1.54. The van der Waals surface area contributed by atoms with Gasteiger partial charge < -0.3 is 10.0 Å². The van der Waals surface area contributed by atoms with Gasteiger partial charge in [-0.3, -0.25) is 4.79 Å². The molecule has 1 N–H and O–H groups in total. The fourth-order valence-electron chi connectivity index (χ4n) is 2.33. The summed E-state index contributed by atoms with van der Waals surface area (Å²) in [5.41, 5.74) is 1.52. The van der Waals surface area contributed by atoms with Gasteiger partial charge in [0, 0.05) is 24.0 Å². The second kappa shape index (κ2) is 5.40. The van der Waals surface area contributed by atoms with Crippen molar-refractivity contribution in [3.05, 3.63) is 28.2 Å². The van der Waals surface area contributed by atoms with Crippen LogP contribution in [0.1, 0.15) is 18.4 Å². The first-order chi connectivity index (χ1) is 8.60. The molecule has 1 saturated heterocycles. The minimum absolute atomic E-state index is 0.174.